The van der Waals surface area contributed by atoms with Crippen molar-refractivity contribution in [2.75, 3.05) is 23.5 Å². The van der Waals surface area contributed by atoms with Gasteiger partial charge in [-0.2, -0.15) is 0 Å². The molecule has 0 saturated heterocycles. The Morgan fingerprint density at radius 3 is 2.52 bits per heavy atom. The predicted molar refractivity (Wildman–Crippen MR) is 110 cm³/mol. The first kappa shape index (κ1) is 16.9. The lowest BCUT2D eigenvalue weighted by atomic mass is 10.1. The van der Waals surface area contributed by atoms with E-state index in [1.165, 1.54) is 16.1 Å². The normalized spacial score (nSPS) is 18.6. The van der Waals surface area contributed by atoms with Crippen molar-refractivity contribution in [1.82, 2.24) is 5.01 Å². The van der Waals surface area contributed by atoms with E-state index in [4.69, 9.17) is 0 Å². The molecule has 1 heterocycles. The van der Waals surface area contributed by atoms with Crippen LogP contribution in [0.25, 0.3) is 6.08 Å². The van der Waals surface area contributed by atoms with E-state index in [2.05, 4.69) is 113 Å². The summed E-state index contributed by atoms with van der Waals surface area (Å²) in [7, 11) is 4.25. The van der Waals surface area contributed by atoms with Gasteiger partial charge in [0.15, 0.2) is 0 Å². The Kier molecular flexibility index (Phi) is 5.67. The molecule has 1 aliphatic heterocycles. The largest absolute Gasteiger partial charge is 0.291 e. The molecule has 0 fully saturated rings. The van der Waals surface area contributed by atoms with Gasteiger partial charge in [0, 0.05) is 29.3 Å². The molecule has 0 radical (unpaired) electrons. The number of fused-ring (bicyclic) bond motifs is 1. The zero-order valence-electron chi connectivity index (χ0n) is 13.4. The second kappa shape index (κ2) is 7.73. The average molecular weight is 436 g/mol. The van der Waals surface area contributed by atoms with Crippen molar-refractivity contribution in [3.05, 3.63) is 66.2 Å². The number of hydrogen-bond acceptors (Lipinski definition) is 3. The van der Waals surface area contributed by atoms with Crippen molar-refractivity contribution in [2.24, 2.45) is 5.92 Å². The molecular weight excluding hydrogens is 415 g/mol. The zero-order valence-corrected chi connectivity index (χ0v) is 16.4. The van der Waals surface area contributed by atoms with Gasteiger partial charge in [-0.1, -0.05) is 89.0 Å². The number of para-hydroxylation sites is 1. The van der Waals surface area contributed by atoms with Crippen LogP contribution in [0.15, 0.2) is 65.6 Å². The molecule has 2 unspecified atom stereocenters. The van der Waals surface area contributed by atoms with Crippen molar-refractivity contribution in [1.29, 1.82) is 0 Å². The molecule has 0 bridgehead atoms. The topological polar surface area (TPSA) is 6.48 Å². The van der Waals surface area contributed by atoms with E-state index in [1.54, 1.807) is 0 Å². The molecule has 1 aliphatic rings. The molecule has 2 atom stereocenters. The summed E-state index contributed by atoms with van der Waals surface area (Å²) in [6, 6.07) is 19.2. The lowest BCUT2D eigenvalue weighted by Crippen LogP contribution is -2.44. The van der Waals surface area contributed by atoms with Crippen molar-refractivity contribution in [3.8, 4) is 0 Å². The minimum absolute atomic E-state index is 0.402. The summed E-state index contributed by atoms with van der Waals surface area (Å²) in [5.74, 6) is 0.482. The van der Waals surface area contributed by atoms with Gasteiger partial charge in [-0.15, -0.1) is 0 Å². The van der Waals surface area contributed by atoms with Crippen molar-refractivity contribution >= 4 is 46.1 Å². The molecule has 23 heavy (non-hydrogen) atoms. The standard InChI is InChI=1S/C19H21IN2S/c1-21(2)22-17-10-6-7-11-18(17)23-19(22)16(14-20)13-12-15-8-4-3-5-9-15/h3-13,16,19H,14H2,1-2H3. The van der Waals surface area contributed by atoms with E-state index < -0.39 is 0 Å². The first-order valence-corrected chi connectivity index (χ1v) is 10.1. The molecule has 3 rings (SSSR count). The zero-order chi connectivity index (χ0) is 16.2. The van der Waals surface area contributed by atoms with E-state index in [0.29, 0.717) is 11.3 Å². The van der Waals surface area contributed by atoms with Crippen molar-refractivity contribution in [2.45, 2.75) is 10.3 Å². The minimum atomic E-state index is 0.402. The Bertz CT molecular complexity index is 672. The Hall–Kier alpha value is -0.980. The average Bonchev–Trinajstić information content (AvgIpc) is 2.96. The highest BCUT2D eigenvalue weighted by Gasteiger charge is 2.35. The molecule has 2 nitrogen and oxygen atoms in total. The molecule has 2 aromatic rings. The number of hydrogen-bond donors (Lipinski definition) is 0. The summed E-state index contributed by atoms with van der Waals surface area (Å²) in [5.41, 5.74) is 2.58. The minimum Gasteiger partial charge on any atom is -0.291 e. The predicted octanol–water partition coefficient (Wildman–Crippen LogP) is 5.17. The molecule has 2 aromatic carbocycles. The van der Waals surface area contributed by atoms with Crippen LogP contribution in [0.4, 0.5) is 5.69 Å². The molecule has 120 valence electrons. The molecule has 0 N–H and O–H groups in total. The van der Waals surface area contributed by atoms with Gasteiger partial charge in [0.2, 0.25) is 0 Å². The Balaban J connectivity index is 1.85. The van der Waals surface area contributed by atoms with Gasteiger partial charge in [-0.05, 0) is 17.7 Å². The highest BCUT2D eigenvalue weighted by atomic mass is 127. The SMILES string of the molecule is CN(C)N1c2ccccc2SC1C(C=Cc1ccccc1)CI. The number of anilines is 1. The second-order valence-electron chi connectivity index (χ2n) is 5.76. The van der Waals surface area contributed by atoms with Crippen LogP contribution in [-0.4, -0.2) is 28.9 Å². The molecule has 4 heteroatoms. The third-order valence-electron chi connectivity index (χ3n) is 3.91. The van der Waals surface area contributed by atoms with Gasteiger partial charge >= 0.3 is 0 Å². The number of benzene rings is 2. The molecule has 0 spiro atoms. The first-order valence-electron chi connectivity index (χ1n) is 7.72. The quantitative estimate of drug-likeness (QED) is 0.472. The summed E-state index contributed by atoms with van der Waals surface area (Å²) >= 11 is 4.47. The summed E-state index contributed by atoms with van der Waals surface area (Å²) in [6.07, 6.45) is 4.61. The highest BCUT2D eigenvalue weighted by molar-refractivity contribution is 14.1. The highest BCUT2D eigenvalue weighted by Crippen LogP contribution is 2.46. The van der Waals surface area contributed by atoms with Crippen molar-refractivity contribution < 1.29 is 0 Å². The number of hydrazine groups is 1. The Labute approximate surface area is 156 Å². The second-order valence-corrected chi connectivity index (χ2v) is 7.80. The van der Waals surface area contributed by atoms with E-state index in [9.17, 15) is 0 Å². The van der Waals surface area contributed by atoms with Crippen LogP contribution in [-0.2, 0) is 0 Å². The smallest absolute Gasteiger partial charge is 0.103 e. The fraction of sp³-hybridized carbons (Fsp3) is 0.263. The Morgan fingerprint density at radius 1 is 1.13 bits per heavy atom. The maximum Gasteiger partial charge on any atom is 0.103 e. The lowest BCUT2D eigenvalue weighted by Gasteiger charge is -2.35. The number of rotatable bonds is 5. The number of nitrogens with zero attached hydrogens (tertiary/aromatic N) is 2. The summed E-state index contributed by atoms with van der Waals surface area (Å²) in [4.78, 5) is 1.37. The first-order chi connectivity index (χ1) is 11.2. The number of thioether (sulfide) groups is 1. The maximum atomic E-state index is 2.50. The monoisotopic (exact) mass is 436 g/mol. The van der Waals surface area contributed by atoms with Crippen LogP contribution in [0.1, 0.15) is 5.56 Å². The van der Waals surface area contributed by atoms with Gasteiger partial charge in [0.25, 0.3) is 0 Å². The van der Waals surface area contributed by atoms with Gasteiger partial charge < -0.3 is 0 Å². The van der Waals surface area contributed by atoms with Gasteiger partial charge in [-0.25, -0.2) is 5.01 Å². The van der Waals surface area contributed by atoms with E-state index in [0.717, 1.165) is 4.43 Å². The summed E-state index contributed by atoms with van der Waals surface area (Å²) in [5, 5.41) is 5.02. The van der Waals surface area contributed by atoms with Gasteiger partial charge in [-0.3, -0.25) is 5.01 Å². The van der Waals surface area contributed by atoms with Crippen LogP contribution in [0.2, 0.25) is 0 Å². The van der Waals surface area contributed by atoms with Crippen LogP contribution >= 0.6 is 34.4 Å². The summed E-state index contributed by atoms with van der Waals surface area (Å²) in [6.45, 7) is 0. The fourth-order valence-electron chi connectivity index (χ4n) is 2.80. The van der Waals surface area contributed by atoms with Gasteiger partial charge in [0.1, 0.15) is 5.37 Å². The van der Waals surface area contributed by atoms with E-state index in [-0.39, 0.29) is 0 Å². The summed E-state index contributed by atoms with van der Waals surface area (Å²) < 4.78 is 1.09. The van der Waals surface area contributed by atoms with E-state index in [1.807, 2.05) is 11.8 Å². The fourth-order valence-corrected chi connectivity index (χ4v) is 5.38. The Morgan fingerprint density at radius 2 is 1.83 bits per heavy atom. The van der Waals surface area contributed by atoms with Crippen LogP contribution in [0, 0.1) is 5.92 Å². The molecule has 0 aromatic heterocycles. The molecule has 0 amide bonds. The van der Waals surface area contributed by atoms with Crippen LogP contribution in [0.5, 0.6) is 0 Å². The third-order valence-corrected chi connectivity index (χ3v) is 6.32. The lowest BCUT2D eigenvalue weighted by molar-refractivity contribution is 0.346. The van der Waals surface area contributed by atoms with Crippen molar-refractivity contribution in [3.63, 3.8) is 0 Å². The van der Waals surface area contributed by atoms with E-state index >= 15 is 0 Å². The van der Waals surface area contributed by atoms with Crippen LogP contribution in [0.3, 0.4) is 0 Å². The number of alkyl halides is 1. The number of halogens is 1. The van der Waals surface area contributed by atoms with Gasteiger partial charge in [0.05, 0.1) is 5.69 Å². The maximum absolute atomic E-state index is 2.50. The molecule has 0 saturated carbocycles. The third kappa shape index (κ3) is 3.75. The molecule has 0 aliphatic carbocycles. The molecular formula is C19H21IN2S. The van der Waals surface area contributed by atoms with Crippen LogP contribution < -0.4 is 5.01 Å².